The molecule has 4 atom stereocenters. The van der Waals surface area contributed by atoms with Crippen LogP contribution in [0.5, 0.6) is 0 Å². The summed E-state index contributed by atoms with van der Waals surface area (Å²) in [5.41, 5.74) is 0. The van der Waals surface area contributed by atoms with Crippen LogP contribution in [0.1, 0.15) is 32.6 Å². The lowest BCUT2D eigenvalue weighted by molar-refractivity contribution is 0.149. The third-order valence-electron chi connectivity index (χ3n) is 3.71. The molecule has 5 heteroatoms. The minimum absolute atomic E-state index is 0.0764. The molecule has 0 radical (unpaired) electrons. The maximum atomic E-state index is 11.4. The molecular weight excluding hydrogens is 226 g/mol. The monoisotopic (exact) mass is 247 g/mol. The maximum Gasteiger partial charge on any atom is 0.154 e. The highest BCUT2D eigenvalue weighted by atomic mass is 32.2. The Hall–Kier alpha value is -0.130. The van der Waals surface area contributed by atoms with Crippen LogP contribution in [0.3, 0.4) is 0 Å². The van der Waals surface area contributed by atoms with Crippen molar-refractivity contribution >= 4 is 9.84 Å². The Morgan fingerprint density at radius 2 is 2.00 bits per heavy atom. The summed E-state index contributed by atoms with van der Waals surface area (Å²) in [6, 6.07) is 0.136. The predicted octanol–water partition coefficient (Wildman–Crippen LogP) is 0.313. The minimum Gasteiger partial charge on any atom is -0.390 e. The quantitative estimate of drug-likeness (QED) is 0.737. The Kier molecular flexibility index (Phi) is 3.56. The Labute approximate surface area is 97.3 Å². The van der Waals surface area contributed by atoms with E-state index in [9.17, 15) is 13.5 Å². The summed E-state index contributed by atoms with van der Waals surface area (Å²) in [6.45, 7) is 2.23. The van der Waals surface area contributed by atoms with Crippen molar-refractivity contribution < 1.29 is 13.5 Å². The fourth-order valence-electron chi connectivity index (χ4n) is 2.88. The highest BCUT2D eigenvalue weighted by Crippen LogP contribution is 2.25. The molecular formula is C11H21NO3S. The Morgan fingerprint density at radius 3 is 2.56 bits per heavy atom. The van der Waals surface area contributed by atoms with Gasteiger partial charge in [0.05, 0.1) is 17.6 Å². The van der Waals surface area contributed by atoms with Crippen molar-refractivity contribution in [3.8, 4) is 0 Å². The Balaban J connectivity index is 1.90. The van der Waals surface area contributed by atoms with E-state index < -0.39 is 15.9 Å². The van der Waals surface area contributed by atoms with Gasteiger partial charge in [0.1, 0.15) is 0 Å². The van der Waals surface area contributed by atoms with Gasteiger partial charge in [-0.2, -0.15) is 0 Å². The second-order valence-corrected chi connectivity index (χ2v) is 7.54. The van der Waals surface area contributed by atoms with Gasteiger partial charge in [-0.15, -0.1) is 0 Å². The third kappa shape index (κ3) is 2.96. The molecule has 1 aliphatic carbocycles. The van der Waals surface area contributed by atoms with Gasteiger partial charge in [-0.3, -0.25) is 0 Å². The van der Waals surface area contributed by atoms with Crippen LogP contribution in [0.25, 0.3) is 0 Å². The molecule has 0 amide bonds. The lowest BCUT2D eigenvalue weighted by Gasteiger charge is -2.30. The first kappa shape index (κ1) is 12.3. The minimum atomic E-state index is -3.02. The van der Waals surface area contributed by atoms with E-state index in [1.165, 1.54) is 12.8 Å². The third-order valence-corrected chi connectivity index (χ3v) is 5.43. The van der Waals surface area contributed by atoms with Crippen LogP contribution in [-0.2, 0) is 9.84 Å². The first-order valence-electron chi connectivity index (χ1n) is 6.11. The fraction of sp³-hybridized carbons (Fsp3) is 1.00. The van der Waals surface area contributed by atoms with Crippen LogP contribution in [0.4, 0.5) is 0 Å². The fourth-order valence-corrected chi connectivity index (χ4v) is 4.63. The number of hydrogen-bond acceptors (Lipinski definition) is 4. The highest BCUT2D eigenvalue weighted by Gasteiger charge is 2.37. The van der Waals surface area contributed by atoms with Gasteiger partial charge in [-0.1, -0.05) is 19.8 Å². The van der Waals surface area contributed by atoms with Gasteiger partial charge in [0.2, 0.25) is 0 Å². The lowest BCUT2D eigenvalue weighted by atomic mass is 9.86. The Morgan fingerprint density at radius 1 is 1.25 bits per heavy atom. The molecule has 2 aliphatic rings. The van der Waals surface area contributed by atoms with Crippen LogP contribution >= 0.6 is 0 Å². The summed E-state index contributed by atoms with van der Waals surface area (Å²) in [5.74, 6) is 0.729. The molecule has 0 spiro atoms. The van der Waals surface area contributed by atoms with Crippen LogP contribution in [0, 0.1) is 5.92 Å². The lowest BCUT2D eigenvalue weighted by Crippen LogP contribution is -2.46. The summed E-state index contributed by atoms with van der Waals surface area (Å²) in [6.07, 6.45) is 3.96. The number of nitrogens with one attached hydrogen (secondary N) is 1. The molecule has 4 nitrogen and oxygen atoms in total. The van der Waals surface area contributed by atoms with E-state index in [4.69, 9.17) is 0 Å². The van der Waals surface area contributed by atoms with E-state index in [-0.39, 0.29) is 17.5 Å². The molecule has 94 valence electrons. The molecule has 4 unspecified atom stereocenters. The van der Waals surface area contributed by atoms with E-state index in [2.05, 4.69) is 12.2 Å². The topological polar surface area (TPSA) is 66.4 Å². The normalized spacial score (nSPS) is 43.4. The van der Waals surface area contributed by atoms with Crippen LogP contribution < -0.4 is 5.32 Å². The van der Waals surface area contributed by atoms with Crippen LogP contribution in [0.2, 0.25) is 0 Å². The van der Waals surface area contributed by atoms with Crippen LogP contribution in [-0.4, -0.2) is 43.2 Å². The summed E-state index contributed by atoms with van der Waals surface area (Å²) < 4.78 is 22.7. The number of sulfone groups is 1. The van der Waals surface area contributed by atoms with Crippen LogP contribution in [0.15, 0.2) is 0 Å². The zero-order chi connectivity index (χ0) is 11.8. The van der Waals surface area contributed by atoms with Crippen molar-refractivity contribution in [3.63, 3.8) is 0 Å². The molecule has 1 saturated carbocycles. The second-order valence-electron chi connectivity index (χ2n) is 5.39. The molecule has 1 saturated heterocycles. The van der Waals surface area contributed by atoms with Gasteiger partial charge in [-0.25, -0.2) is 8.42 Å². The molecule has 2 rings (SSSR count). The summed E-state index contributed by atoms with van der Waals surface area (Å²) in [7, 11) is -3.02. The summed E-state index contributed by atoms with van der Waals surface area (Å²) in [5, 5.41) is 13.0. The first-order valence-corrected chi connectivity index (χ1v) is 7.93. The van der Waals surface area contributed by atoms with Gasteiger partial charge in [0.25, 0.3) is 0 Å². The van der Waals surface area contributed by atoms with E-state index in [1.807, 2.05) is 0 Å². The number of hydrogen-bond donors (Lipinski definition) is 2. The molecule has 0 aromatic carbocycles. The van der Waals surface area contributed by atoms with Gasteiger partial charge >= 0.3 is 0 Å². The molecule has 16 heavy (non-hydrogen) atoms. The van der Waals surface area contributed by atoms with Gasteiger partial charge in [0.15, 0.2) is 9.84 Å². The molecule has 1 heterocycles. The van der Waals surface area contributed by atoms with Crippen molar-refractivity contribution in [2.75, 3.05) is 11.5 Å². The molecule has 1 aliphatic heterocycles. The second kappa shape index (κ2) is 4.63. The van der Waals surface area contributed by atoms with Crippen molar-refractivity contribution in [1.82, 2.24) is 5.32 Å². The summed E-state index contributed by atoms with van der Waals surface area (Å²) in [4.78, 5) is 0. The zero-order valence-corrected chi connectivity index (χ0v) is 10.5. The van der Waals surface area contributed by atoms with E-state index in [1.54, 1.807) is 0 Å². The SMILES string of the molecule is CC1CCCC(NC2CS(=O)(=O)CC2O)C1. The van der Waals surface area contributed by atoms with Gasteiger partial charge in [0, 0.05) is 12.1 Å². The molecule has 2 fully saturated rings. The average Bonchev–Trinajstić information content (AvgIpc) is 2.39. The Bertz CT molecular complexity index is 341. The van der Waals surface area contributed by atoms with Crippen molar-refractivity contribution in [3.05, 3.63) is 0 Å². The largest absolute Gasteiger partial charge is 0.390 e. The van der Waals surface area contributed by atoms with Gasteiger partial charge in [-0.05, 0) is 18.8 Å². The van der Waals surface area contributed by atoms with E-state index >= 15 is 0 Å². The summed E-state index contributed by atoms with van der Waals surface area (Å²) >= 11 is 0. The smallest absolute Gasteiger partial charge is 0.154 e. The van der Waals surface area contributed by atoms with Gasteiger partial charge < -0.3 is 10.4 Å². The van der Waals surface area contributed by atoms with Crippen molar-refractivity contribution in [2.24, 2.45) is 5.92 Å². The molecule has 2 N–H and O–H groups in total. The van der Waals surface area contributed by atoms with E-state index in [0.29, 0.717) is 12.0 Å². The average molecular weight is 247 g/mol. The standard InChI is InChI=1S/C11H21NO3S/c1-8-3-2-4-9(5-8)12-10-6-16(14,15)7-11(10)13/h8-13H,2-7H2,1H3. The number of rotatable bonds is 2. The first-order chi connectivity index (χ1) is 7.46. The van der Waals surface area contributed by atoms with Crippen molar-refractivity contribution in [2.45, 2.75) is 50.8 Å². The predicted molar refractivity (Wildman–Crippen MR) is 63.0 cm³/mol. The van der Waals surface area contributed by atoms with E-state index in [0.717, 1.165) is 12.8 Å². The molecule has 0 bridgehead atoms. The zero-order valence-electron chi connectivity index (χ0n) is 9.72. The number of aliphatic hydroxyl groups is 1. The number of aliphatic hydroxyl groups excluding tert-OH is 1. The molecule has 0 aromatic rings. The maximum absolute atomic E-state index is 11.4. The highest BCUT2D eigenvalue weighted by molar-refractivity contribution is 7.91. The van der Waals surface area contributed by atoms with Crippen molar-refractivity contribution in [1.29, 1.82) is 0 Å². The molecule has 0 aromatic heterocycles.